The zero-order chi connectivity index (χ0) is 11.4. The number of anilines is 1. The van der Waals surface area contributed by atoms with E-state index in [1.807, 2.05) is 48.5 Å². The Morgan fingerprint density at radius 3 is 2.35 bits per heavy atom. The number of nitrogens with two attached hydrogens (primary N) is 1. The lowest BCUT2D eigenvalue weighted by Crippen LogP contribution is -3.00. The lowest BCUT2D eigenvalue weighted by Gasteiger charge is -2.06. The Morgan fingerprint density at radius 2 is 1.65 bits per heavy atom. The van der Waals surface area contributed by atoms with Gasteiger partial charge in [0, 0.05) is 21.4 Å². The van der Waals surface area contributed by atoms with Crippen LogP contribution in [-0.4, -0.2) is 0 Å². The van der Waals surface area contributed by atoms with Crippen LogP contribution in [0.3, 0.4) is 0 Å². The topological polar surface area (TPSA) is 26.0 Å². The Balaban J connectivity index is 0.00000144. The minimum Gasteiger partial charge on any atom is -1.00 e. The number of halogens is 2. The van der Waals surface area contributed by atoms with Gasteiger partial charge in [-0.3, -0.25) is 0 Å². The molecule has 0 heterocycles. The molecule has 0 radical (unpaired) electrons. The molecule has 0 aliphatic heterocycles. The second-order valence-electron chi connectivity index (χ2n) is 3.42. The van der Waals surface area contributed by atoms with E-state index in [1.54, 1.807) is 11.8 Å². The molecule has 0 spiro atoms. The summed E-state index contributed by atoms with van der Waals surface area (Å²) >= 11 is 7.79. The first-order valence-electron chi connectivity index (χ1n) is 4.98. The van der Waals surface area contributed by atoms with Gasteiger partial charge in [0.15, 0.2) is 0 Å². The summed E-state index contributed by atoms with van der Waals surface area (Å²) in [6, 6.07) is 15.7. The average molecular weight is 285 g/mol. The van der Waals surface area contributed by atoms with Gasteiger partial charge in [0.2, 0.25) is 0 Å². The first-order valence-corrected chi connectivity index (χ1v) is 6.34. The van der Waals surface area contributed by atoms with Crippen molar-refractivity contribution in [1.29, 1.82) is 0 Å². The van der Waals surface area contributed by atoms with Crippen LogP contribution in [0.2, 0.25) is 5.02 Å². The first-order chi connectivity index (χ1) is 7.77. The monoisotopic (exact) mass is 284 g/mol. The van der Waals surface area contributed by atoms with E-state index < -0.39 is 0 Å². The van der Waals surface area contributed by atoms with Crippen LogP contribution >= 0.6 is 23.4 Å². The van der Waals surface area contributed by atoms with Gasteiger partial charge in [-0.25, -0.2) is 0 Å². The van der Waals surface area contributed by atoms with Gasteiger partial charge in [0.1, 0.15) is 0 Å². The third kappa shape index (κ3) is 3.84. The largest absolute Gasteiger partial charge is 1.00 e. The molecule has 0 atom stereocenters. The summed E-state index contributed by atoms with van der Waals surface area (Å²) in [5.74, 6) is 0.841. The fraction of sp³-hybridized carbons (Fsp3) is 0.0769. The smallest absolute Gasteiger partial charge is 0.0452 e. The molecule has 0 fully saturated rings. The third-order valence-electron chi connectivity index (χ3n) is 2.26. The summed E-state index contributed by atoms with van der Waals surface area (Å²) in [6.07, 6.45) is 0. The Labute approximate surface area is 117 Å². The maximum Gasteiger partial charge on any atom is 0.0452 e. The number of hydrogen-bond acceptors (Lipinski definition) is 2. The summed E-state index contributed by atoms with van der Waals surface area (Å²) in [5, 5.41) is 0.810. The quantitative estimate of drug-likeness (QED) is 0.678. The van der Waals surface area contributed by atoms with Crippen molar-refractivity contribution in [2.24, 2.45) is 0 Å². The fourth-order valence-electron chi connectivity index (χ4n) is 1.38. The Kier molecular flexibility index (Phi) is 5.69. The summed E-state index contributed by atoms with van der Waals surface area (Å²) < 4.78 is 0. The van der Waals surface area contributed by atoms with Crippen molar-refractivity contribution >= 4 is 29.1 Å². The molecule has 0 saturated heterocycles. The number of para-hydroxylation sites is 1. The van der Waals surface area contributed by atoms with Crippen LogP contribution in [0.5, 0.6) is 0 Å². The molecular weight excluding hydrogens is 273 g/mol. The van der Waals surface area contributed by atoms with E-state index in [4.69, 9.17) is 17.3 Å². The molecule has 0 aliphatic rings. The molecule has 4 heteroatoms. The van der Waals surface area contributed by atoms with Crippen LogP contribution in [0.15, 0.2) is 53.4 Å². The SMILES string of the molecule is Nc1ccccc1SCc1ccccc1Cl.[Cl-]. The van der Waals surface area contributed by atoms with Crippen molar-refractivity contribution in [3.63, 3.8) is 0 Å². The molecule has 0 aliphatic carbocycles. The number of nitrogen functional groups attached to an aromatic ring is 1. The number of benzene rings is 2. The standard InChI is InChI=1S/C13H12ClNS.ClH/c14-11-6-2-1-5-10(11)9-16-13-8-4-3-7-12(13)15;/h1-8H,9,15H2;1H/p-1. The van der Waals surface area contributed by atoms with E-state index in [0.29, 0.717) is 0 Å². The van der Waals surface area contributed by atoms with Crippen molar-refractivity contribution in [1.82, 2.24) is 0 Å². The van der Waals surface area contributed by atoms with Crippen molar-refractivity contribution in [2.75, 3.05) is 5.73 Å². The highest BCUT2D eigenvalue weighted by Crippen LogP contribution is 2.29. The lowest BCUT2D eigenvalue weighted by atomic mass is 10.2. The zero-order valence-corrected chi connectivity index (χ0v) is 11.4. The molecule has 0 aromatic heterocycles. The van der Waals surface area contributed by atoms with Crippen molar-refractivity contribution in [3.05, 3.63) is 59.1 Å². The van der Waals surface area contributed by atoms with E-state index in [-0.39, 0.29) is 12.4 Å². The summed E-state index contributed by atoms with van der Waals surface area (Å²) in [7, 11) is 0. The average Bonchev–Trinajstić information content (AvgIpc) is 2.30. The molecule has 0 amide bonds. The summed E-state index contributed by atoms with van der Waals surface area (Å²) in [6.45, 7) is 0. The minimum atomic E-state index is 0. The van der Waals surface area contributed by atoms with Crippen LogP contribution in [0.4, 0.5) is 5.69 Å². The fourth-order valence-corrected chi connectivity index (χ4v) is 2.64. The highest BCUT2D eigenvalue weighted by atomic mass is 35.5. The van der Waals surface area contributed by atoms with Gasteiger partial charge < -0.3 is 18.1 Å². The lowest BCUT2D eigenvalue weighted by molar-refractivity contribution is -0.00000311. The predicted molar refractivity (Wildman–Crippen MR) is 71.9 cm³/mol. The van der Waals surface area contributed by atoms with E-state index in [2.05, 4.69) is 0 Å². The van der Waals surface area contributed by atoms with Crippen LogP contribution in [-0.2, 0) is 5.75 Å². The first kappa shape index (κ1) is 14.2. The summed E-state index contributed by atoms with van der Waals surface area (Å²) in [4.78, 5) is 1.10. The number of rotatable bonds is 3. The number of thioether (sulfide) groups is 1. The molecule has 17 heavy (non-hydrogen) atoms. The minimum absolute atomic E-state index is 0. The molecule has 0 unspecified atom stereocenters. The van der Waals surface area contributed by atoms with E-state index in [0.717, 1.165) is 26.9 Å². The van der Waals surface area contributed by atoms with Crippen molar-refractivity contribution in [3.8, 4) is 0 Å². The van der Waals surface area contributed by atoms with Gasteiger partial charge in [-0.05, 0) is 23.8 Å². The van der Waals surface area contributed by atoms with E-state index >= 15 is 0 Å². The van der Waals surface area contributed by atoms with Crippen LogP contribution in [0, 0.1) is 0 Å². The second-order valence-corrected chi connectivity index (χ2v) is 4.84. The van der Waals surface area contributed by atoms with E-state index in [9.17, 15) is 0 Å². The highest BCUT2D eigenvalue weighted by molar-refractivity contribution is 7.98. The van der Waals surface area contributed by atoms with Gasteiger partial charge in [-0.15, -0.1) is 11.8 Å². The molecule has 2 N–H and O–H groups in total. The Bertz CT molecular complexity index is 443. The maximum absolute atomic E-state index is 6.09. The second kappa shape index (κ2) is 6.80. The summed E-state index contributed by atoms with van der Waals surface area (Å²) in [5.41, 5.74) is 7.82. The molecular formula is C13H12Cl2NS-. The van der Waals surface area contributed by atoms with Crippen LogP contribution in [0.25, 0.3) is 0 Å². The Hall–Kier alpha value is -0.830. The van der Waals surface area contributed by atoms with E-state index in [1.165, 1.54) is 0 Å². The van der Waals surface area contributed by atoms with Gasteiger partial charge in [0.25, 0.3) is 0 Å². The molecule has 2 rings (SSSR count). The normalized spacial score (nSPS) is 9.71. The van der Waals surface area contributed by atoms with Crippen molar-refractivity contribution in [2.45, 2.75) is 10.6 Å². The molecule has 2 aromatic rings. The molecule has 2 aromatic carbocycles. The van der Waals surface area contributed by atoms with Crippen LogP contribution < -0.4 is 18.1 Å². The van der Waals surface area contributed by atoms with Crippen LogP contribution in [0.1, 0.15) is 5.56 Å². The molecule has 0 saturated carbocycles. The van der Waals surface area contributed by atoms with Crippen molar-refractivity contribution < 1.29 is 12.4 Å². The van der Waals surface area contributed by atoms with Gasteiger partial charge in [-0.1, -0.05) is 41.9 Å². The maximum atomic E-state index is 6.09. The number of hydrogen-bond donors (Lipinski definition) is 1. The highest BCUT2D eigenvalue weighted by Gasteiger charge is 2.02. The predicted octanol–water partition coefficient (Wildman–Crippen LogP) is 1.22. The van der Waals surface area contributed by atoms with Gasteiger partial charge in [0.05, 0.1) is 0 Å². The zero-order valence-electron chi connectivity index (χ0n) is 9.07. The molecule has 1 nitrogen and oxygen atoms in total. The van der Waals surface area contributed by atoms with Gasteiger partial charge in [-0.2, -0.15) is 0 Å². The molecule has 0 bridgehead atoms. The molecule has 90 valence electrons. The Morgan fingerprint density at radius 1 is 1.00 bits per heavy atom. The third-order valence-corrected chi connectivity index (χ3v) is 3.77. The van der Waals surface area contributed by atoms with Gasteiger partial charge >= 0.3 is 0 Å².